The van der Waals surface area contributed by atoms with Crippen molar-refractivity contribution in [3.05, 3.63) is 23.8 Å². The average Bonchev–Trinajstić information content (AvgIpc) is 3.17. The number of aliphatic imine (C=N–C) groups is 1. The predicted molar refractivity (Wildman–Crippen MR) is 215 cm³/mol. The van der Waals surface area contributed by atoms with Crippen LogP contribution in [0.3, 0.4) is 0 Å². The quantitative estimate of drug-likeness (QED) is 0.183. The van der Waals surface area contributed by atoms with Crippen molar-refractivity contribution < 1.29 is 29.6 Å². The highest BCUT2D eigenvalue weighted by Crippen LogP contribution is 2.41. The van der Waals surface area contributed by atoms with Crippen molar-refractivity contribution >= 4 is 11.9 Å². The number of fused-ring (bicyclic) bond motifs is 8. The second-order valence-corrected chi connectivity index (χ2v) is 18.7. The van der Waals surface area contributed by atoms with Gasteiger partial charge in [0.25, 0.3) is 0 Å². The molecule has 12 atom stereocenters. The number of rotatable bonds is 1. The van der Waals surface area contributed by atoms with E-state index in [2.05, 4.69) is 32.3 Å². The molecule has 0 amide bonds. The van der Waals surface area contributed by atoms with Gasteiger partial charge in [0.05, 0.1) is 29.8 Å². The molecule has 2 aliphatic carbocycles. The normalized spacial score (nSPS) is 40.1. The van der Waals surface area contributed by atoms with Gasteiger partial charge in [0, 0.05) is 63.9 Å². The van der Waals surface area contributed by atoms with Crippen LogP contribution in [0, 0.1) is 40.9 Å². The number of aliphatic hydroxyl groups is 2. The highest BCUT2D eigenvalue weighted by Gasteiger charge is 2.47. The van der Waals surface area contributed by atoms with E-state index in [0.29, 0.717) is 49.4 Å². The van der Waals surface area contributed by atoms with Crippen LogP contribution in [0.2, 0.25) is 0 Å². The SMILES string of the molecule is CC(=O)O[C@H]1C[C@@H](O)CC[C@]2(C#C[C@@H]3CCC[C@H]4C[C@@H](CCN4)Oc4cc(ccc4O)C[C@@H]31)CN=C(N)NC1(CCCCC1)N1C[C@@H]3C[C@@H](CN(C3)C[C@H]2O)C1. The number of benzene rings is 1. The summed E-state index contributed by atoms with van der Waals surface area (Å²) in [5.74, 6) is 8.70. The van der Waals surface area contributed by atoms with Gasteiger partial charge in [-0.1, -0.05) is 30.7 Å². The summed E-state index contributed by atoms with van der Waals surface area (Å²) < 4.78 is 12.5. The molecule has 1 aromatic carbocycles. The smallest absolute Gasteiger partial charge is 0.302 e. The van der Waals surface area contributed by atoms with E-state index in [-0.39, 0.29) is 54.3 Å². The second kappa shape index (κ2) is 17.0. The summed E-state index contributed by atoms with van der Waals surface area (Å²) >= 11 is 0. The lowest BCUT2D eigenvalue weighted by Crippen LogP contribution is -2.67. The van der Waals surface area contributed by atoms with Crippen molar-refractivity contribution in [3.8, 4) is 23.3 Å². The maximum absolute atomic E-state index is 12.7. The van der Waals surface area contributed by atoms with Crippen molar-refractivity contribution in [1.82, 2.24) is 20.4 Å². The van der Waals surface area contributed by atoms with Crippen molar-refractivity contribution in [3.63, 3.8) is 0 Å². The Balaban J connectivity index is 1.19. The Morgan fingerprint density at radius 1 is 0.982 bits per heavy atom. The van der Waals surface area contributed by atoms with Crippen molar-refractivity contribution in [1.29, 1.82) is 0 Å². The fourth-order valence-corrected chi connectivity index (χ4v) is 11.6. The largest absolute Gasteiger partial charge is 0.504 e. The van der Waals surface area contributed by atoms with Gasteiger partial charge < -0.3 is 46.1 Å². The molecule has 56 heavy (non-hydrogen) atoms. The van der Waals surface area contributed by atoms with Crippen molar-refractivity contribution in [2.75, 3.05) is 45.8 Å². The Morgan fingerprint density at radius 3 is 2.57 bits per heavy atom. The minimum atomic E-state index is -0.949. The lowest BCUT2D eigenvalue weighted by molar-refractivity contribution is -0.152. The van der Waals surface area contributed by atoms with E-state index in [1.54, 1.807) is 6.07 Å². The van der Waals surface area contributed by atoms with E-state index in [0.717, 1.165) is 96.1 Å². The van der Waals surface area contributed by atoms with Crippen LogP contribution in [0.15, 0.2) is 23.2 Å². The Kier molecular flexibility index (Phi) is 12.1. The number of phenolic OH excluding ortho intramolecular Hbond substituents is 1. The maximum Gasteiger partial charge on any atom is 0.302 e. The number of hydrogen-bond acceptors (Lipinski definition) is 12. The molecule has 4 fully saturated rings. The summed E-state index contributed by atoms with van der Waals surface area (Å²) in [6, 6.07) is 5.80. The molecule has 0 aromatic heterocycles. The molecule has 3 saturated heterocycles. The number of nitrogens with one attached hydrogen (secondary N) is 2. The number of hydrogen-bond donors (Lipinski definition) is 6. The highest BCUT2D eigenvalue weighted by molar-refractivity contribution is 5.78. The highest BCUT2D eigenvalue weighted by atomic mass is 16.5. The van der Waals surface area contributed by atoms with Crippen LogP contribution in [-0.4, -0.2) is 119 Å². The van der Waals surface area contributed by atoms with Gasteiger partial charge in [-0.3, -0.25) is 14.7 Å². The number of aromatic hydroxyl groups is 1. The Bertz CT molecular complexity index is 1630. The third-order valence-corrected chi connectivity index (χ3v) is 14.5. The van der Waals surface area contributed by atoms with Crippen LogP contribution >= 0.6 is 0 Å². The van der Waals surface area contributed by atoms with Crippen molar-refractivity contribution in [2.45, 2.75) is 139 Å². The maximum atomic E-state index is 12.7. The molecule has 6 heterocycles. The molecule has 8 bridgehead atoms. The fraction of sp³-hybridized carbons (Fsp3) is 0.773. The molecule has 9 rings (SSSR count). The Morgan fingerprint density at radius 2 is 1.79 bits per heavy atom. The summed E-state index contributed by atoms with van der Waals surface area (Å²) in [6.07, 6.45) is 10.6. The molecule has 1 saturated carbocycles. The summed E-state index contributed by atoms with van der Waals surface area (Å²) in [7, 11) is 0. The van der Waals surface area contributed by atoms with Gasteiger partial charge in [-0.2, -0.15) is 0 Å². The number of esters is 1. The fourth-order valence-electron chi connectivity index (χ4n) is 11.6. The number of carbonyl (C=O) groups excluding carboxylic acids is 1. The molecule has 7 N–H and O–H groups in total. The zero-order valence-corrected chi connectivity index (χ0v) is 33.5. The van der Waals surface area contributed by atoms with Gasteiger partial charge in [-0.25, -0.2) is 0 Å². The molecule has 2 spiro atoms. The first-order chi connectivity index (χ1) is 27.0. The Hall–Kier alpha value is -3.08. The molecule has 0 radical (unpaired) electrons. The predicted octanol–water partition coefficient (Wildman–Crippen LogP) is 3.51. The van der Waals surface area contributed by atoms with Gasteiger partial charge in [0.15, 0.2) is 17.5 Å². The average molecular weight is 775 g/mol. The molecule has 8 aliphatic rings. The van der Waals surface area contributed by atoms with Gasteiger partial charge in [0.2, 0.25) is 0 Å². The van der Waals surface area contributed by atoms with Crippen molar-refractivity contribution in [2.24, 2.45) is 39.8 Å². The van der Waals surface area contributed by atoms with Gasteiger partial charge in [0.1, 0.15) is 12.2 Å². The van der Waals surface area contributed by atoms with Gasteiger partial charge in [-0.15, -0.1) is 0 Å². The van der Waals surface area contributed by atoms with E-state index in [1.807, 2.05) is 12.1 Å². The van der Waals surface area contributed by atoms with Crippen LogP contribution in [0.4, 0.5) is 0 Å². The monoisotopic (exact) mass is 775 g/mol. The lowest BCUT2D eigenvalue weighted by atomic mass is 9.72. The summed E-state index contributed by atoms with van der Waals surface area (Å²) in [5.41, 5.74) is 6.66. The summed E-state index contributed by atoms with van der Waals surface area (Å²) in [6.45, 7) is 6.96. The minimum Gasteiger partial charge on any atom is -0.504 e. The summed E-state index contributed by atoms with van der Waals surface area (Å²) in [4.78, 5) is 22.9. The summed E-state index contributed by atoms with van der Waals surface area (Å²) in [5, 5.41) is 42.6. The number of phenols is 1. The van der Waals surface area contributed by atoms with Crippen LogP contribution in [0.1, 0.15) is 102 Å². The number of piperidine rings is 3. The standard InChI is InChI=1S/C44H66N6O6/c1-29(51)55-39-22-35(52)11-16-43(15-10-33-6-5-7-34-21-36(12-17-46-34)56-40-20-30(19-37(33)39)8-9-38(40)53)28-47-42(45)48-44(13-3-2-4-14-44)50-25-31-18-32(26-50)24-49(23-31)27-41(43)54/h8-9,20,31-37,39,41,46,52-54H,2-7,11-14,16-19,21-28H2,1H3,(H3,45,47,48)/t31-,32+,33-,34-,35-,36+,37-,39-,41+,43+/m0/s1. The van der Waals surface area contributed by atoms with Gasteiger partial charge >= 0.3 is 5.97 Å². The topological polar surface area (TPSA) is 165 Å². The van der Waals surface area contributed by atoms with E-state index >= 15 is 0 Å². The van der Waals surface area contributed by atoms with Crippen LogP contribution < -0.4 is 21.1 Å². The van der Waals surface area contributed by atoms with E-state index in [4.69, 9.17) is 20.2 Å². The van der Waals surface area contributed by atoms with Gasteiger partial charge in [-0.05, 0) is 113 Å². The number of guanidine groups is 1. The molecule has 6 aliphatic heterocycles. The number of carbonyl (C=O) groups is 1. The molecule has 2 unspecified atom stereocenters. The van der Waals surface area contributed by atoms with Crippen LogP contribution in [0.5, 0.6) is 11.5 Å². The van der Waals surface area contributed by atoms with E-state index in [1.165, 1.54) is 19.8 Å². The first kappa shape index (κ1) is 39.7. The minimum absolute atomic E-state index is 0.00738. The lowest BCUT2D eigenvalue weighted by Gasteiger charge is -2.54. The second-order valence-electron chi connectivity index (χ2n) is 18.7. The molecule has 1 aromatic rings. The van der Waals surface area contributed by atoms with Crippen LogP contribution in [-0.2, 0) is 16.0 Å². The molecular weight excluding hydrogens is 709 g/mol. The molecular formula is C44H66N6O6. The third-order valence-electron chi connectivity index (χ3n) is 14.5. The Labute approximate surface area is 333 Å². The first-order valence-electron chi connectivity index (χ1n) is 21.9. The zero-order valence-electron chi connectivity index (χ0n) is 33.5. The number of nitrogens with two attached hydrogens (primary N) is 1. The van der Waals surface area contributed by atoms with E-state index in [9.17, 15) is 20.1 Å². The number of nitrogens with zero attached hydrogens (tertiary/aromatic N) is 3. The zero-order chi connectivity index (χ0) is 38.9. The first-order valence-corrected chi connectivity index (χ1v) is 21.9. The molecule has 12 nitrogen and oxygen atoms in total. The number of aliphatic hydroxyl groups excluding tert-OH is 2. The van der Waals surface area contributed by atoms with E-state index < -0.39 is 23.7 Å². The number of ether oxygens (including phenoxy) is 2. The third kappa shape index (κ3) is 8.97. The van der Waals surface area contributed by atoms with Crippen LogP contribution in [0.25, 0.3) is 0 Å². The molecule has 308 valence electrons. The molecule has 12 heteroatoms.